The fraction of sp³-hybridized carbons (Fsp3) is 0.188. The van der Waals surface area contributed by atoms with E-state index in [0.717, 1.165) is 23.8 Å². The number of carbonyl (C=O) groups is 1. The van der Waals surface area contributed by atoms with Gasteiger partial charge >= 0.3 is 0 Å². The molecule has 0 saturated heterocycles. The number of hydrogen-bond acceptors (Lipinski definition) is 2. The van der Waals surface area contributed by atoms with E-state index in [1.807, 2.05) is 19.1 Å². The van der Waals surface area contributed by atoms with Crippen molar-refractivity contribution in [2.75, 3.05) is 11.9 Å². The molecular formula is C16H15ClF2N2O. The second-order valence-electron chi connectivity index (χ2n) is 4.82. The van der Waals surface area contributed by atoms with Crippen LogP contribution in [-0.4, -0.2) is 12.5 Å². The third-order valence-electron chi connectivity index (χ3n) is 3.12. The molecule has 0 aliphatic heterocycles. The zero-order valence-electron chi connectivity index (χ0n) is 11.9. The van der Waals surface area contributed by atoms with Gasteiger partial charge in [0.05, 0.1) is 18.3 Å². The van der Waals surface area contributed by atoms with Crippen molar-refractivity contribution in [1.29, 1.82) is 0 Å². The van der Waals surface area contributed by atoms with Crippen molar-refractivity contribution >= 4 is 23.2 Å². The summed E-state index contributed by atoms with van der Waals surface area (Å²) in [4.78, 5) is 11.8. The Balaban J connectivity index is 1.90. The van der Waals surface area contributed by atoms with Crippen LogP contribution in [0.2, 0.25) is 5.02 Å². The SMILES string of the molecule is CC(NC(=O)CNc1cc(F)ccc1F)c1ccc(Cl)cc1. The Hall–Kier alpha value is -2.14. The second kappa shape index (κ2) is 7.22. The first-order chi connectivity index (χ1) is 10.5. The highest BCUT2D eigenvalue weighted by atomic mass is 35.5. The minimum absolute atomic E-state index is 0.0469. The molecule has 2 N–H and O–H groups in total. The molecular weight excluding hydrogens is 310 g/mol. The lowest BCUT2D eigenvalue weighted by atomic mass is 10.1. The highest BCUT2D eigenvalue weighted by Crippen LogP contribution is 2.17. The summed E-state index contributed by atoms with van der Waals surface area (Å²) in [7, 11) is 0. The molecule has 0 aliphatic rings. The van der Waals surface area contributed by atoms with Gasteiger partial charge in [0.2, 0.25) is 5.91 Å². The van der Waals surface area contributed by atoms with Gasteiger partial charge in [-0.1, -0.05) is 23.7 Å². The van der Waals surface area contributed by atoms with Gasteiger partial charge < -0.3 is 10.6 Å². The molecule has 2 aromatic carbocycles. The highest BCUT2D eigenvalue weighted by molar-refractivity contribution is 6.30. The van der Waals surface area contributed by atoms with E-state index in [1.165, 1.54) is 0 Å². The van der Waals surface area contributed by atoms with Crippen LogP contribution in [0, 0.1) is 11.6 Å². The highest BCUT2D eigenvalue weighted by Gasteiger charge is 2.10. The first-order valence-electron chi connectivity index (χ1n) is 6.69. The Bertz CT molecular complexity index is 662. The topological polar surface area (TPSA) is 41.1 Å². The summed E-state index contributed by atoms with van der Waals surface area (Å²) in [5, 5.41) is 5.95. The maximum absolute atomic E-state index is 13.4. The Kier molecular flexibility index (Phi) is 5.33. The van der Waals surface area contributed by atoms with Crippen LogP contribution in [0.25, 0.3) is 0 Å². The fourth-order valence-corrected chi connectivity index (χ4v) is 2.06. The van der Waals surface area contributed by atoms with Crippen LogP contribution in [-0.2, 0) is 4.79 Å². The zero-order chi connectivity index (χ0) is 16.1. The predicted octanol–water partition coefficient (Wildman–Crippen LogP) is 3.91. The average Bonchev–Trinajstić information content (AvgIpc) is 2.49. The molecule has 116 valence electrons. The number of amides is 1. The smallest absolute Gasteiger partial charge is 0.239 e. The molecule has 2 rings (SSSR count). The number of anilines is 1. The summed E-state index contributed by atoms with van der Waals surface area (Å²) < 4.78 is 26.4. The summed E-state index contributed by atoms with van der Waals surface area (Å²) in [5.41, 5.74) is 0.851. The largest absolute Gasteiger partial charge is 0.374 e. The lowest BCUT2D eigenvalue weighted by Gasteiger charge is -2.15. The van der Waals surface area contributed by atoms with Gasteiger partial charge in [0, 0.05) is 5.02 Å². The number of rotatable bonds is 5. The van der Waals surface area contributed by atoms with Crippen molar-refractivity contribution < 1.29 is 13.6 Å². The molecule has 0 fully saturated rings. The maximum Gasteiger partial charge on any atom is 0.239 e. The molecule has 1 amide bonds. The van der Waals surface area contributed by atoms with Gasteiger partial charge in [-0.2, -0.15) is 0 Å². The van der Waals surface area contributed by atoms with Crippen molar-refractivity contribution in [2.45, 2.75) is 13.0 Å². The molecule has 6 heteroatoms. The third kappa shape index (κ3) is 4.43. The van der Waals surface area contributed by atoms with Gasteiger partial charge in [-0.25, -0.2) is 8.78 Å². The number of hydrogen-bond donors (Lipinski definition) is 2. The van der Waals surface area contributed by atoms with Crippen LogP contribution in [0.1, 0.15) is 18.5 Å². The van der Waals surface area contributed by atoms with Gasteiger partial charge in [-0.3, -0.25) is 4.79 Å². The summed E-state index contributed by atoms with van der Waals surface area (Å²) in [6.45, 7) is 1.67. The van der Waals surface area contributed by atoms with Gasteiger partial charge in [-0.05, 0) is 42.8 Å². The van der Waals surface area contributed by atoms with Crippen molar-refractivity contribution in [3.8, 4) is 0 Å². The molecule has 22 heavy (non-hydrogen) atoms. The van der Waals surface area contributed by atoms with Crippen LogP contribution < -0.4 is 10.6 Å². The molecule has 1 atom stereocenters. The van der Waals surface area contributed by atoms with Crippen LogP contribution in [0.4, 0.5) is 14.5 Å². The Morgan fingerprint density at radius 1 is 1.18 bits per heavy atom. The molecule has 1 unspecified atom stereocenters. The first-order valence-corrected chi connectivity index (χ1v) is 7.07. The minimum atomic E-state index is -0.611. The van der Waals surface area contributed by atoms with Crippen LogP contribution in [0.3, 0.4) is 0 Å². The number of halogens is 3. The zero-order valence-corrected chi connectivity index (χ0v) is 12.6. The quantitative estimate of drug-likeness (QED) is 0.875. The van der Waals surface area contributed by atoms with Crippen molar-refractivity contribution in [1.82, 2.24) is 5.32 Å². The standard InChI is InChI=1S/C16H15ClF2N2O/c1-10(11-2-4-12(17)5-3-11)21-16(22)9-20-15-8-13(18)6-7-14(15)19/h2-8,10,20H,9H2,1H3,(H,21,22). The molecule has 3 nitrogen and oxygen atoms in total. The van der Waals surface area contributed by atoms with Crippen LogP contribution in [0.5, 0.6) is 0 Å². The summed E-state index contributed by atoms with van der Waals surface area (Å²) in [6.07, 6.45) is 0. The molecule has 0 aromatic heterocycles. The van der Waals surface area contributed by atoms with Crippen LogP contribution in [0.15, 0.2) is 42.5 Å². The normalized spacial score (nSPS) is 11.8. The lowest BCUT2D eigenvalue weighted by Crippen LogP contribution is -2.32. The Morgan fingerprint density at radius 3 is 2.55 bits per heavy atom. The monoisotopic (exact) mass is 324 g/mol. The Labute approximate surface area is 132 Å². The molecule has 0 saturated carbocycles. The minimum Gasteiger partial charge on any atom is -0.374 e. The van der Waals surface area contributed by atoms with E-state index in [9.17, 15) is 13.6 Å². The molecule has 0 radical (unpaired) electrons. The molecule has 0 bridgehead atoms. The number of carbonyl (C=O) groups excluding carboxylic acids is 1. The van der Waals surface area contributed by atoms with E-state index in [2.05, 4.69) is 10.6 Å². The maximum atomic E-state index is 13.4. The van der Waals surface area contributed by atoms with E-state index < -0.39 is 11.6 Å². The van der Waals surface area contributed by atoms with Gasteiger partial charge in [0.1, 0.15) is 11.6 Å². The summed E-state index contributed by atoms with van der Waals surface area (Å²) in [5.74, 6) is -1.51. The van der Waals surface area contributed by atoms with E-state index in [4.69, 9.17) is 11.6 Å². The van der Waals surface area contributed by atoms with Crippen molar-refractivity contribution in [2.24, 2.45) is 0 Å². The first kappa shape index (κ1) is 16.2. The van der Waals surface area contributed by atoms with Crippen molar-refractivity contribution in [3.05, 3.63) is 64.7 Å². The molecule has 2 aromatic rings. The van der Waals surface area contributed by atoms with E-state index in [1.54, 1.807) is 12.1 Å². The summed E-state index contributed by atoms with van der Waals surface area (Å²) in [6, 6.07) is 9.91. The summed E-state index contributed by atoms with van der Waals surface area (Å²) >= 11 is 5.80. The van der Waals surface area contributed by atoms with Gasteiger partial charge in [0.25, 0.3) is 0 Å². The van der Waals surface area contributed by atoms with Gasteiger partial charge in [-0.15, -0.1) is 0 Å². The van der Waals surface area contributed by atoms with Crippen LogP contribution >= 0.6 is 11.6 Å². The third-order valence-corrected chi connectivity index (χ3v) is 3.37. The van der Waals surface area contributed by atoms with Gasteiger partial charge in [0.15, 0.2) is 0 Å². The predicted molar refractivity (Wildman–Crippen MR) is 82.9 cm³/mol. The van der Waals surface area contributed by atoms with E-state index in [0.29, 0.717) is 5.02 Å². The average molecular weight is 325 g/mol. The van der Waals surface area contributed by atoms with Crippen molar-refractivity contribution in [3.63, 3.8) is 0 Å². The number of nitrogens with one attached hydrogen (secondary N) is 2. The Morgan fingerprint density at radius 2 is 1.86 bits per heavy atom. The fourth-order valence-electron chi connectivity index (χ4n) is 1.94. The lowest BCUT2D eigenvalue weighted by molar-refractivity contribution is -0.120. The molecule has 0 aliphatic carbocycles. The molecule has 0 heterocycles. The van der Waals surface area contributed by atoms with E-state index in [-0.39, 0.29) is 24.2 Å². The second-order valence-corrected chi connectivity index (χ2v) is 5.25. The van der Waals surface area contributed by atoms with E-state index >= 15 is 0 Å². The number of benzene rings is 2. The molecule has 0 spiro atoms.